The van der Waals surface area contributed by atoms with Crippen LogP contribution in [0.3, 0.4) is 0 Å². The van der Waals surface area contributed by atoms with Gasteiger partial charge in [0.05, 0.1) is 11.9 Å². The molecule has 0 aromatic heterocycles. The molecule has 1 N–H and O–H groups in total. The Hall–Kier alpha value is -3.72. The highest BCUT2D eigenvalue weighted by molar-refractivity contribution is 7.92. The Kier molecular flexibility index (Phi) is 9.27. The van der Waals surface area contributed by atoms with Gasteiger partial charge in [-0.05, 0) is 56.2 Å². The summed E-state index contributed by atoms with van der Waals surface area (Å²) in [4.78, 5) is 28.9. The van der Waals surface area contributed by atoms with Crippen LogP contribution in [0.1, 0.15) is 31.9 Å². The topological polar surface area (TPSA) is 86.8 Å². The molecule has 38 heavy (non-hydrogen) atoms. The minimum absolute atomic E-state index is 0.0133. The number of rotatable bonds is 10. The lowest BCUT2D eigenvalue weighted by Crippen LogP contribution is -2.56. The Balaban J connectivity index is 2.05. The van der Waals surface area contributed by atoms with Crippen LogP contribution in [-0.4, -0.2) is 49.5 Å². The number of para-hydroxylation sites is 1. The van der Waals surface area contributed by atoms with E-state index < -0.39 is 39.9 Å². The van der Waals surface area contributed by atoms with Crippen molar-refractivity contribution in [3.8, 4) is 0 Å². The summed E-state index contributed by atoms with van der Waals surface area (Å²) in [5.41, 5.74) is 1.21. The van der Waals surface area contributed by atoms with Gasteiger partial charge >= 0.3 is 0 Å². The lowest BCUT2D eigenvalue weighted by molar-refractivity contribution is -0.140. The van der Waals surface area contributed by atoms with Crippen molar-refractivity contribution >= 4 is 27.5 Å². The van der Waals surface area contributed by atoms with Crippen LogP contribution >= 0.6 is 0 Å². The summed E-state index contributed by atoms with van der Waals surface area (Å²) in [6, 6.07) is 22.3. The third kappa shape index (κ3) is 8.41. The number of anilines is 1. The molecular formula is C29H34FN3O4S. The van der Waals surface area contributed by atoms with Crippen molar-refractivity contribution in [3.63, 3.8) is 0 Å². The van der Waals surface area contributed by atoms with E-state index in [9.17, 15) is 22.4 Å². The van der Waals surface area contributed by atoms with Gasteiger partial charge in [-0.1, -0.05) is 60.7 Å². The molecule has 0 spiro atoms. The lowest BCUT2D eigenvalue weighted by atomic mass is 10.0. The number of hydrogen-bond donors (Lipinski definition) is 1. The van der Waals surface area contributed by atoms with E-state index >= 15 is 0 Å². The first-order valence-electron chi connectivity index (χ1n) is 12.3. The van der Waals surface area contributed by atoms with Gasteiger partial charge in [-0.15, -0.1) is 0 Å². The second-order valence-corrected chi connectivity index (χ2v) is 12.1. The maximum absolute atomic E-state index is 13.9. The van der Waals surface area contributed by atoms with Crippen LogP contribution in [0.25, 0.3) is 0 Å². The lowest BCUT2D eigenvalue weighted by Gasteiger charge is -2.35. The summed E-state index contributed by atoms with van der Waals surface area (Å²) in [6.07, 6.45) is 1.24. The molecule has 9 heteroatoms. The molecule has 1 unspecified atom stereocenters. The molecule has 0 fully saturated rings. The van der Waals surface area contributed by atoms with E-state index in [0.29, 0.717) is 11.3 Å². The smallest absolute Gasteiger partial charge is 0.244 e. The third-order valence-electron chi connectivity index (χ3n) is 5.76. The van der Waals surface area contributed by atoms with E-state index in [4.69, 9.17) is 0 Å². The van der Waals surface area contributed by atoms with Gasteiger partial charge < -0.3 is 10.2 Å². The third-order valence-corrected chi connectivity index (χ3v) is 6.90. The number of nitrogens with one attached hydrogen (secondary N) is 1. The Labute approximate surface area is 224 Å². The van der Waals surface area contributed by atoms with Crippen LogP contribution in [0, 0.1) is 5.82 Å². The van der Waals surface area contributed by atoms with Crippen LogP contribution in [0.2, 0.25) is 0 Å². The van der Waals surface area contributed by atoms with Crippen LogP contribution in [0.5, 0.6) is 0 Å². The fraction of sp³-hybridized carbons (Fsp3) is 0.310. The van der Waals surface area contributed by atoms with Crippen molar-refractivity contribution in [2.24, 2.45) is 0 Å². The minimum atomic E-state index is -3.82. The molecule has 0 radical (unpaired) electrons. The Morgan fingerprint density at radius 2 is 1.42 bits per heavy atom. The zero-order valence-corrected chi connectivity index (χ0v) is 22.9. The van der Waals surface area contributed by atoms with E-state index in [1.54, 1.807) is 42.5 Å². The molecule has 3 aromatic carbocycles. The predicted molar refractivity (Wildman–Crippen MR) is 147 cm³/mol. The molecule has 1 atom stereocenters. The summed E-state index contributed by atoms with van der Waals surface area (Å²) in [6.45, 7) is 5.02. The second-order valence-electron chi connectivity index (χ2n) is 10.2. The van der Waals surface area contributed by atoms with E-state index in [1.807, 2.05) is 51.1 Å². The monoisotopic (exact) mass is 539 g/mol. The molecule has 3 rings (SSSR count). The number of amides is 2. The molecule has 0 aliphatic carbocycles. The second kappa shape index (κ2) is 12.2. The van der Waals surface area contributed by atoms with Gasteiger partial charge in [0.1, 0.15) is 18.4 Å². The summed E-state index contributed by atoms with van der Waals surface area (Å²) in [7, 11) is -3.82. The van der Waals surface area contributed by atoms with Gasteiger partial charge in [-0.2, -0.15) is 0 Å². The highest BCUT2D eigenvalue weighted by atomic mass is 32.2. The van der Waals surface area contributed by atoms with Gasteiger partial charge in [0, 0.05) is 18.5 Å². The molecule has 0 aliphatic heterocycles. The number of halogens is 1. The first kappa shape index (κ1) is 28.8. The predicted octanol–water partition coefficient (Wildman–Crippen LogP) is 4.15. The number of nitrogens with zero attached hydrogens (tertiary/aromatic N) is 2. The maximum atomic E-state index is 13.9. The number of carbonyl (C=O) groups is 2. The Morgan fingerprint density at radius 1 is 0.868 bits per heavy atom. The number of sulfonamides is 1. The van der Waals surface area contributed by atoms with Gasteiger partial charge in [-0.25, -0.2) is 12.8 Å². The first-order chi connectivity index (χ1) is 17.8. The standard InChI is InChI=1S/C29H34FN3O4S/c1-29(2,3)31-28(35)26(19-22-11-7-5-8-12-22)32(20-23-15-17-24(30)18-16-23)27(34)21-33(38(4,36)37)25-13-9-6-10-14-25/h5-18,26H,19-21H2,1-4H3,(H,31,35). The summed E-state index contributed by atoms with van der Waals surface area (Å²) in [5.74, 6) is -1.36. The van der Waals surface area contributed by atoms with Crippen LogP contribution in [-0.2, 0) is 32.6 Å². The normalized spacial score (nSPS) is 12.4. The van der Waals surface area contributed by atoms with Crippen molar-refractivity contribution in [1.29, 1.82) is 0 Å². The van der Waals surface area contributed by atoms with E-state index in [1.165, 1.54) is 17.0 Å². The maximum Gasteiger partial charge on any atom is 0.244 e. The van der Waals surface area contributed by atoms with Crippen molar-refractivity contribution in [2.75, 3.05) is 17.1 Å². The van der Waals surface area contributed by atoms with Gasteiger partial charge in [-0.3, -0.25) is 13.9 Å². The number of carbonyl (C=O) groups excluding carboxylic acids is 2. The molecule has 3 aromatic rings. The van der Waals surface area contributed by atoms with Crippen molar-refractivity contribution < 1.29 is 22.4 Å². The van der Waals surface area contributed by atoms with E-state index in [0.717, 1.165) is 16.1 Å². The number of hydrogen-bond acceptors (Lipinski definition) is 4. The SMILES string of the molecule is CC(C)(C)NC(=O)C(Cc1ccccc1)N(Cc1ccc(F)cc1)C(=O)CN(c1ccccc1)S(C)(=O)=O. The van der Waals surface area contributed by atoms with Gasteiger partial charge in [0.15, 0.2) is 0 Å². The highest BCUT2D eigenvalue weighted by Crippen LogP contribution is 2.20. The van der Waals surface area contributed by atoms with E-state index in [-0.39, 0.29) is 18.9 Å². The highest BCUT2D eigenvalue weighted by Gasteiger charge is 2.34. The molecule has 7 nitrogen and oxygen atoms in total. The summed E-state index contributed by atoms with van der Waals surface area (Å²) >= 11 is 0. The van der Waals surface area contributed by atoms with Gasteiger partial charge in [0.25, 0.3) is 0 Å². The fourth-order valence-electron chi connectivity index (χ4n) is 4.00. The Morgan fingerprint density at radius 3 is 1.95 bits per heavy atom. The largest absolute Gasteiger partial charge is 0.350 e. The van der Waals surface area contributed by atoms with E-state index in [2.05, 4.69) is 5.32 Å². The van der Waals surface area contributed by atoms with Crippen LogP contribution < -0.4 is 9.62 Å². The average Bonchev–Trinajstić information content (AvgIpc) is 2.85. The summed E-state index contributed by atoms with van der Waals surface area (Å²) < 4.78 is 40.0. The zero-order valence-electron chi connectivity index (χ0n) is 22.1. The molecule has 202 valence electrons. The van der Waals surface area contributed by atoms with Crippen molar-refractivity contribution in [3.05, 3.63) is 102 Å². The number of benzene rings is 3. The van der Waals surface area contributed by atoms with Gasteiger partial charge in [0.2, 0.25) is 21.8 Å². The average molecular weight is 540 g/mol. The minimum Gasteiger partial charge on any atom is -0.350 e. The zero-order chi connectivity index (χ0) is 27.9. The summed E-state index contributed by atoms with van der Waals surface area (Å²) in [5, 5.41) is 2.96. The van der Waals surface area contributed by atoms with Crippen molar-refractivity contribution in [1.82, 2.24) is 10.2 Å². The Bertz CT molecular complexity index is 1330. The molecule has 0 aliphatic rings. The fourth-order valence-corrected chi connectivity index (χ4v) is 4.85. The molecule has 2 amide bonds. The molecule has 0 bridgehead atoms. The molecule has 0 heterocycles. The van der Waals surface area contributed by atoms with Crippen molar-refractivity contribution in [2.45, 2.75) is 45.3 Å². The van der Waals surface area contributed by atoms with Crippen LogP contribution in [0.4, 0.5) is 10.1 Å². The first-order valence-corrected chi connectivity index (χ1v) is 14.1. The molecular weight excluding hydrogens is 505 g/mol. The molecule has 0 saturated heterocycles. The van der Waals surface area contributed by atoms with Crippen LogP contribution in [0.15, 0.2) is 84.9 Å². The molecule has 0 saturated carbocycles. The quantitative estimate of drug-likeness (QED) is 0.420.